The number of hydrogen-bond donors (Lipinski definition) is 2. The van der Waals surface area contributed by atoms with Crippen molar-refractivity contribution < 1.29 is 0 Å². The van der Waals surface area contributed by atoms with Gasteiger partial charge in [0.25, 0.3) is 0 Å². The molecule has 15 heavy (non-hydrogen) atoms. The van der Waals surface area contributed by atoms with E-state index in [0.29, 0.717) is 6.04 Å². The molecule has 0 aromatic heterocycles. The fraction of sp³-hybridized carbons (Fsp3) is 0.538. The average Bonchev–Trinajstić information content (AvgIpc) is 2.31. The largest absolute Gasteiger partial charge is 0.316 e. The van der Waals surface area contributed by atoms with Crippen molar-refractivity contribution in [3.05, 3.63) is 35.4 Å². The molecule has 0 spiro atoms. The Morgan fingerprint density at radius 3 is 3.07 bits per heavy atom. The first-order valence-electron chi connectivity index (χ1n) is 5.87. The lowest BCUT2D eigenvalue weighted by molar-refractivity contribution is 0.412. The van der Waals surface area contributed by atoms with E-state index < -0.39 is 0 Å². The van der Waals surface area contributed by atoms with Crippen molar-refractivity contribution in [1.82, 2.24) is 10.6 Å². The van der Waals surface area contributed by atoms with Crippen molar-refractivity contribution >= 4 is 0 Å². The second-order valence-corrected chi connectivity index (χ2v) is 4.28. The predicted molar refractivity (Wildman–Crippen MR) is 63.8 cm³/mol. The van der Waals surface area contributed by atoms with Gasteiger partial charge in [0.15, 0.2) is 0 Å². The van der Waals surface area contributed by atoms with Crippen LogP contribution in [0, 0.1) is 0 Å². The van der Waals surface area contributed by atoms with Crippen molar-refractivity contribution in [2.24, 2.45) is 0 Å². The maximum Gasteiger partial charge on any atom is 0.0320 e. The van der Waals surface area contributed by atoms with Crippen molar-refractivity contribution in [2.75, 3.05) is 13.6 Å². The van der Waals surface area contributed by atoms with E-state index in [4.69, 9.17) is 0 Å². The van der Waals surface area contributed by atoms with E-state index in [1.54, 1.807) is 0 Å². The number of hydrogen-bond acceptors (Lipinski definition) is 2. The van der Waals surface area contributed by atoms with Gasteiger partial charge in [-0.3, -0.25) is 0 Å². The minimum Gasteiger partial charge on any atom is -0.316 e. The van der Waals surface area contributed by atoms with Crippen molar-refractivity contribution in [3.8, 4) is 0 Å². The van der Waals surface area contributed by atoms with Crippen LogP contribution in [0.3, 0.4) is 0 Å². The molecule has 0 radical (unpaired) electrons. The van der Waals surface area contributed by atoms with Crippen molar-refractivity contribution in [1.29, 1.82) is 0 Å². The van der Waals surface area contributed by atoms with Gasteiger partial charge in [-0.25, -0.2) is 0 Å². The smallest absolute Gasteiger partial charge is 0.0320 e. The van der Waals surface area contributed by atoms with E-state index in [-0.39, 0.29) is 0 Å². The molecule has 1 aromatic rings. The zero-order valence-corrected chi connectivity index (χ0v) is 9.42. The Labute approximate surface area is 92.1 Å². The highest BCUT2D eigenvalue weighted by Crippen LogP contribution is 2.23. The molecule has 1 unspecified atom stereocenters. The minimum absolute atomic E-state index is 0.579. The van der Waals surface area contributed by atoms with Gasteiger partial charge in [-0.05, 0) is 37.6 Å². The van der Waals surface area contributed by atoms with Crippen LogP contribution in [0.2, 0.25) is 0 Å². The van der Waals surface area contributed by atoms with Gasteiger partial charge >= 0.3 is 0 Å². The summed E-state index contributed by atoms with van der Waals surface area (Å²) in [5.41, 5.74) is 2.82. The summed E-state index contributed by atoms with van der Waals surface area (Å²) in [5, 5.41) is 6.78. The number of benzene rings is 1. The molecule has 2 heteroatoms. The summed E-state index contributed by atoms with van der Waals surface area (Å²) in [7, 11) is 1.99. The van der Waals surface area contributed by atoms with Crippen LogP contribution in [0.1, 0.15) is 36.4 Å². The zero-order valence-electron chi connectivity index (χ0n) is 9.42. The molecule has 1 saturated heterocycles. The third-order valence-electron chi connectivity index (χ3n) is 3.04. The van der Waals surface area contributed by atoms with E-state index in [2.05, 4.69) is 34.9 Å². The average molecular weight is 204 g/mol. The minimum atomic E-state index is 0.579. The Morgan fingerprint density at radius 1 is 1.40 bits per heavy atom. The summed E-state index contributed by atoms with van der Waals surface area (Å²) in [6.45, 7) is 2.13. The predicted octanol–water partition coefficient (Wildman–Crippen LogP) is 2.22. The van der Waals surface area contributed by atoms with Crippen molar-refractivity contribution in [3.63, 3.8) is 0 Å². The van der Waals surface area contributed by atoms with Gasteiger partial charge in [0, 0.05) is 12.6 Å². The number of rotatable bonds is 3. The summed E-state index contributed by atoms with van der Waals surface area (Å²) >= 11 is 0. The molecular formula is C13H20N2. The van der Waals surface area contributed by atoms with Crippen LogP contribution < -0.4 is 10.6 Å². The third-order valence-corrected chi connectivity index (χ3v) is 3.04. The molecule has 1 fully saturated rings. The first kappa shape index (κ1) is 10.7. The van der Waals surface area contributed by atoms with Gasteiger partial charge in [-0.1, -0.05) is 30.7 Å². The van der Waals surface area contributed by atoms with E-state index in [9.17, 15) is 0 Å². The van der Waals surface area contributed by atoms with Crippen LogP contribution >= 0.6 is 0 Å². The van der Waals surface area contributed by atoms with Gasteiger partial charge in [0.05, 0.1) is 0 Å². The fourth-order valence-corrected chi connectivity index (χ4v) is 2.26. The SMILES string of the molecule is CNCc1cccc(C2CCCCN2)c1. The highest BCUT2D eigenvalue weighted by atomic mass is 14.9. The Balaban J connectivity index is 2.09. The Morgan fingerprint density at radius 2 is 2.33 bits per heavy atom. The Kier molecular flexibility index (Phi) is 3.75. The quantitative estimate of drug-likeness (QED) is 0.789. The molecule has 1 aliphatic heterocycles. The summed E-state index contributed by atoms with van der Waals surface area (Å²) in [5.74, 6) is 0. The van der Waals surface area contributed by atoms with E-state index >= 15 is 0 Å². The second kappa shape index (κ2) is 5.29. The molecule has 0 saturated carbocycles. The highest BCUT2D eigenvalue weighted by molar-refractivity contribution is 5.26. The molecule has 1 heterocycles. The fourth-order valence-electron chi connectivity index (χ4n) is 2.26. The van der Waals surface area contributed by atoms with Crippen LogP contribution in [0.25, 0.3) is 0 Å². The molecule has 0 bridgehead atoms. The first-order valence-corrected chi connectivity index (χ1v) is 5.87. The lowest BCUT2D eigenvalue weighted by atomic mass is 9.96. The molecule has 1 aromatic carbocycles. The van der Waals surface area contributed by atoms with Crippen LogP contribution in [0.5, 0.6) is 0 Å². The van der Waals surface area contributed by atoms with E-state index in [1.165, 1.54) is 36.9 Å². The second-order valence-electron chi connectivity index (χ2n) is 4.28. The molecular weight excluding hydrogens is 184 g/mol. The molecule has 0 aliphatic carbocycles. The van der Waals surface area contributed by atoms with E-state index in [0.717, 1.165) is 6.54 Å². The maximum atomic E-state index is 3.58. The lowest BCUT2D eigenvalue weighted by Gasteiger charge is -2.24. The molecule has 82 valence electrons. The Bertz CT molecular complexity index is 303. The number of nitrogens with one attached hydrogen (secondary N) is 2. The summed E-state index contributed by atoms with van der Waals surface area (Å²) in [6.07, 6.45) is 3.96. The first-order chi connectivity index (χ1) is 7.40. The highest BCUT2D eigenvalue weighted by Gasteiger charge is 2.14. The van der Waals surface area contributed by atoms with Gasteiger partial charge < -0.3 is 10.6 Å². The topological polar surface area (TPSA) is 24.1 Å². The maximum absolute atomic E-state index is 3.58. The summed E-state index contributed by atoms with van der Waals surface area (Å²) < 4.78 is 0. The van der Waals surface area contributed by atoms with Gasteiger partial charge in [0.1, 0.15) is 0 Å². The molecule has 2 rings (SSSR count). The molecule has 0 amide bonds. The van der Waals surface area contributed by atoms with Crippen LogP contribution in [0.15, 0.2) is 24.3 Å². The lowest BCUT2D eigenvalue weighted by Crippen LogP contribution is -2.26. The van der Waals surface area contributed by atoms with Crippen LogP contribution in [0.4, 0.5) is 0 Å². The van der Waals surface area contributed by atoms with Crippen LogP contribution in [-0.2, 0) is 6.54 Å². The third kappa shape index (κ3) is 2.80. The molecule has 2 nitrogen and oxygen atoms in total. The van der Waals surface area contributed by atoms with Gasteiger partial charge in [-0.15, -0.1) is 0 Å². The summed E-state index contributed by atoms with van der Waals surface area (Å²) in [4.78, 5) is 0. The number of piperidine rings is 1. The summed E-state index contributed by atoms with van der Waals surface area (Å²) in [6, 6.07) is 9.48. The Hall–Kier alpha value is -0.860. The van der Waals surface area contributed by atoms with Gasteiger partial charge in [0.2, 0.25) is 0 Å². The van der Waals surface area contributed by atoms with E-state index in [1.807, 2.05) is 7.05 Å². The van der Waals surface area contributed by atoms with Gasteiger partial charge in [-0.2, -0.15) is 0 Å². The van der Waals surface area contributed by atoms with Crippen molar-refractivity contribution in [2.45, 2.75) is 31.8 Å². The zero-order chi connectivity index (χ0) is 10.5. The monoisotopic (exact) mass is 204 g/mol. The normalized spacial score (nSPS) is 21.5. The van der Waals surface area contributed by atoms with Crippen LogP contribution in [-0.4, -0.2) is 13.6 Å². The molecule has 1 aliphatic rings. The molecule has 1 atom stereocenters. The molecule has 2 N–H and O–H groups in total. The standard InChI is InChI=1S/C13H20N2/c1-14-10-11-5-4-6-12(9-11)13-7-2-3-8-15-13/h4-6,9,13-15H,2-3,7-8,10H2,1H3.